The van der Waals surface area contributed by atoms with Crippen molar-refractivity contribution in [3.05, 3.63) is 89.7 Å². The summed E-state index contributed by atoms with van der Waals surface area (Å²) in [5.41, 5.74) is 4.44. The molecule has 0 amide bonds. The Bertz CT molecular complexity index is 1120. The van der Waals surface area contributed by atoms with E-state index in [2.05, 4.69) is 52.2 Å². The third-order valence-electron chi connectivity index (χ3n) is 4.35. The number of hydrogen-bond donors (Lipinski definition) is 3. The average molecular weight is 451 g/mol. The number of nitrogens with one attached hydrogen (secondary N) is 1. The van der Waals surface area contributed by atoms with E-state index in [0.29, 0.717) is 0 Å². The van der Waals surface area contributed by atoms with E-state index >= 15 is 0 Å². The lowest BCUT2D eigenvalue weighted by Gasteiger charge is -2.04. The number of pyridine rings is 1. The van der Waals surface area contributed by atoms with Gasteiger partial charge in [-0.05, 0) is 35.7 Å². The number of hydrogen-bond acceptors (Lipinski definition) is 6. The zero-order valence-electron chi connectivity index (χ0n) is 17.1. The van der Waals surface area contributed by atoms with Gasteiger partial charge in [-0.1, -0.05) is 30.3 Å². The number of carboxylic acids is 2. The summed E-state index contributed by atoms with van der Waals surface area (Å²) in [6.07, 6.45) is 4.88. The molecule has 0 spiro atoms. The molecule has 0 saturated heterocycles. The van der Waals surface area contributed by atoms with E-state index in [1.165, 1.54) is 10.4 Å². The zero-order valence-corrected chi connectivity index (χ0v) is 17.9. The number of thiophene rings is 1. The molecule has 3 N–H and O–H groups in total. The largest absolute Gasteiger partial charge is 0.473 e. The molecule has 0 aliphatic heterocycles. The second kappa shape index (κ2) is 11.5. The second-order valence-electron chi connectivity index (χ2n) is 6.62. The van der Waals surface area contributed by atoms with Crippen LogP contribution in [0.1, 0.15) is 11.3 Å². The minimum absolute atomic E-state index is 0.785. The molecule has 4 rings (SSSR count). The number of rotatable bonds is 7. The number of benzene rings is 1. The van der Waals surface area contributed by atoms with Crippen molar-refractivity contribution < 1.29 is 19.8 Å². The van der Waals surface area contributed by atoms with Crippen molar-refractivity contribution in [1.29, 1.82) is 0 Å². The van der Waals surface area contributed by atoms with Crippen LogP contribution in [0, 0.1) is 0 Å². The van der Waals surface area contributed by atoms with Gasteiger partial charge in [0, 0.05) is 43.2 Å². The quantitative estimate of drug-likeness (QED) is 0.291. The summed E-state index contributed by atoms with van der Waals surface area (Å²) in [4.78, 5) is 23.8. The maximum atomic E-state index is 9.10. The van der Waals surface area contributed by atoms with E-state index in [1.54, 1.807) is 11.3 Å². The molecule has 0 unspecified atom stereocenters. The van der Waals surface area contributed by atoms with Gasteiger partial charge in [0.05, 0.1) is 10.6 Å². The molecule has 8 nitrogen and oxygen atoms in total. The highest BCUT2D eigenvalue weighted by Crippen LogP contribution is 2.27. The molecular weight excluding hydrogens is 428 g/mol. The van der Waals surface area contributed by atoms with E-state index in [1.807, 2.05) is 41.2 Å². The molecule has 0 bridgehead atoms. The zero-order chi connectivity index (χ0) is 22.8. The highest BCUT2D eigenvalue weighted by atomic mass is 32.1. The standard InChI is InChI=1S/C21H20N4S.C2H2O4/c1-2-8-19(9-3-1)25-16-17(21(24-25)20-10-6-14-26-20)15-22-13-11-18-7-4-5-12-23-18;3-1(4)2(5)6/h1-10,12,14,16,22H,11,13,15H2;(H,3,4)(H,5,6). The van der Waals surface area contributed by atoms with Crippen molar-refractivity contribution >= 4 is 23.3 Å². The van der Waals surface area contributed by atoms with Gasteiger partial charge in [-0.25, -0.2) is 14.3 Å². The van der Waals surface area contributed by atoms with Gasteiger partial charge in [-0.2, -0.15) is 5.10 Å². The second-order valence-corrected chi connectivity index (χ2v) is 7.57. The van der Waals surface area contributed by atoms with Gasteiger partial charge < -0.3 is 15.5 Å². The molecule has 0 atom stereocenters. The Morgan fingerprint density at radius 3 is 2.34 bits per heavy atom. The molecule has 0 radical (unpaired) electrons. The molecule has 9 heteroatoms. The van der Waals surface area contributed by atoms with Crippen molar-refractivity contribution in [2.75, 3.05) is 6.54 Å². The third kappa shape index (κ3) is 6.59. The number of carboxylic acid groups (broad SMARTS) is 2. The van der Waals surface area contributed by atoms with Gasteiger partial charge >= 0.3 is 11.9 Å². The van der Waals surface area contributed by atoms with Crippen LogP contribution < -0.4 is 5.32 Å². The number of nitrogens with zero attached hydrogens (tertiary/aromatic N) is 3. The van der Waals surface area contributed by atoms with E-state index in [4.69, 9.17) is 24.9 Å². The predicted molar refractivity (Wildman–Crippen MR) is 122 cm³/mol. The van der Waals surface area contributed by atoms with Crippen molar-refractivity contribution in [3.63, 3.8) is 0 Å². The number of para-hydroxylation sites is 1. The lowest BCUT2D eigenvalue weighted by atomic mass is 10.2. The van der Waals surface area contributed by atoms with Crippen LogP contribution in [-0.2, 0) is 22.6 Å². The summed E-state index contributed by atoms with van der Waals surface area (Å²) in [5, 5.41) is 25.2. The molecule has 3 aromatic heterocycles. The fourth-order valence-corrected chi connectivity index (χ4v) is 3.60. The topological polar surface area (TPSA) is 117 Å². The van der Waals surface area contributed by atoms with Crippen LogP contribution in [0.4, 0.5) is 0 Å². The van der Waals surface area contributed by atoms with E-state index in [-0.39, 0.29) is 0 Å². The van der Waals surface area contributed by atoms with E-state index in [9.17, 15) is 0 Å². The molecule has 3 heterocycles. The first-order chi connectivity index (χ1) is 15.5. The summed E-state index contributed by atoms with van der Waals surface area (Å²) in [5.74, 6) is -3.65. The minimum atomic E-state index is -1.82. The van der Waals surface area contributed by atoms with Gasteiger partial charge in [0.15, 0.2) is 0 Å². The SMILES string of the molecule is O=C(O)C(=O)O.c1ccc(-n2cc(CNCCc3ccccn3)c(-c3cccs3)n2)cc1. The highest BCUT2D eigenvalue weighted by Gasteiger charge is 2.13. The molecule has 0 aliphatic carbocycles. The summed E-state index contributed by atoms with van der Waals surface area (Å²) in [6, 6.07) is 20.5. The fourth-order valence-electron chi connectivity index (χ4n) is 2.86. The molecule has 32 heavy (non-hydrogen) atoms. The van der Waals surface area contributed by atoms with Crippen LogP contribution in [0.15, 0.2) is 78.4 Å². The first kappa shape index (κ1) is 22.9. The third-order valence-corrected chi connectivity index (χ3v) is 5.22. The van der Waals surface area contributed by atoms with Gasteiger partial charge in [0.25, 0.3) is 0 Å². The lowest BCUT2D eigenvalue weighted by molar-refractivity contribution is -0.159. The molecule has 1 aromatic carbocycles. The fraction of sp³-hybridized carbons (Fsp3) is 0.130. The van der Waals surface area contributed by atoms with Crippen LogP contribution in [0.3, 0.4) is 0 Å². The summed E-state index contributed by atoms with van der Waals surface area (Å²) < 4.78 is 1.96. The smallest absolute Gasteiger partial charge is 0.414 e. The van der Waals surface area contributed by atoms with Crippen LogP contribution in [0.25, 0.3) is 16.3 Å². The molecule has 0 aliphatic rings. The Morgan fingerprint density at radius 2 is 1.72 bits per heavy atom. The first-order valence-electron chi connectivity index (χ1n) is 9.79. The Labute approximate surface area is 188 Å². The van der Waals surface area contributed by atoms with Crippen molar-refractivity contribution in [3.8, 4) is 16.3 Å². The maximum Gasteiger partial charge on any atom is 0.414 e. The van der Waals surface area contributed by atoms with Gasteiger partial charge in [-0.3, -0.25) is 4.98 Å². The molecular formula is C23H22N4O4S. The molecule has 0 fully saturated rings. The van der Waals surface area contributed by atoms with Crippen molar-refractivity contribution in [2.24, 2.45) is 0 Å². The van der Waals surface area contributed by atoms with Crippen LogP contribution in [-0.4, -0.2) is 43.5 Å². The maximum absolute atomic E-state index is 9.10. The number of aliphatic carboxylic acids is 2. The van der Waals surface area contributed by atoms with Crippen LogP contribution in [0.5, 0.6) is 0 Å². The Morgan fingerprint density at radius 1 is 0.969 bits per heavy atom. The van der Waals surface area contributed by atoms with Gasteiger partial charge in [0.1, 0.15) is 5.69 Å². The van der Waals surface area contributed by atoms with E-state index < -0.39 is 11.9 Å². The van der Waals surface area contributed by atoms with Gasteiger partial charge in [0.2, 0.25) is 0 Å². The normalized spacial score (nSPS) is 10.2. The highest BCUT2D eigenvalue weighted by molar-refractivity contribution is 7.13. The summed E-state index contributed by atoms with van der Waals surface area (Å²) in [6.45, 7) is 1.67. The molecule has 164 valence electrons. The predicted octanol–water partition coefficient (Wildman–Crippen LogP) is 3.48. The Balaban J connectivity index is 0.000000427. The average Bonchev–Trinajstić information content (AvgIpc) is 3.48. The van der Waals surface area contributed by atoms with Crippen LogP contribution in [0.2, 0.25) is 0 Å². The monoisotopic (exact) mass is 450 g/mol. The van der Waals surface area contributed by atoms with E-state index in [0.717, 1.165) is 36.6 Å². The number of carbonyl (C=O) groups is 2. The molecule has 4 aromatic rings. The van der Waals surface area contributed by atoms with Crippen molar-refractivity contribution in [2.45, 2.75) is 13.0 Å². The summed E-state index contributed by atoms with van der Waals surface area (Å²) in [7, 11) is 0. The number of aromatic nitrogens is 3. The van der Waals surface area contributed by atoms with Gasteiger partial charge in [-0.15, -0.1) is 11.3 Å². The molecule has 0 saturated carbocycles. The Hall–Kier alpha value is -3.82. The minimum Gasteiger partial charge on any atom is -0.473 e. The van der Waals surface area contributed by atoms with Crippen molar-refractivity contribution in [1.82, 2.24) is 20.1 Å². The Kier molecular flexibility index (Phi) is 8.24. The lowest BCUT2D eigenvalue weighted by Crippen LogP contribution is -2.17. The van der Waals surface area contributed by atoms with Crippen LogP contribution >= 0.6 is 11.3 Å². The first-order valence-corrected chi connectivity index (χ1v) is 10.7. The summed E-state index contributed by atoms with van der Waals surface area (Å²) >= 11 is 1.72.